The molecule has 2 aromatic carbocycles. The van der Waals surface area contributed by atoms with Crippen molar-refractivity contribution in [1.29, 1.82) is 0 Å². The quantitative estimate of drug-likeness (QED) is 0.708. The van der Waals surface area contributed by atoms with E-state index >= 15 is 0 Å². The fraction of sp³-hybridized carbons (Fsp3) is 0.273. The van der Waals surface area contributed by atoms with Gasteiger partial charge in [-0.15, -0.1) is 0 Å². The molecule has 0 N–H and O–H groups in total. The molecule has 1 aliphatic heterocycles. The van der Waals surface area contributed by atoms with E-state index in [1.54, 1.807) is 0 Å². The number of aryl methyl sites for hydroxylation is 3. The Labute approximate surface area is 154 Å². The zero-order valence-electron chi connectivity index (χ0n) is 15.4. The Bertz CT molecular complexity index is 973. The third-order valence-electron chi connectivity index (χ3n) is 5.36. The van der Waals surface area contributed by atoms with Gasteiger partial charge in [0.05, 0.1) is 6.20 Å². The normalized spacial score (nSPS) is 16.4. The second-order valence-electron chi connectivity index (χ2n) is 7.18. The Balaban J connectivity index is 1.70. The molecule has 1 unspecified atom stereocenters. The Kier molecular flexibility index (Phi) is 4.11. The summed E-state index contributed by atoms with van der Waals surface area (Å²) in [6, 6.07) is 14.4. The maximum Gasteiger partial charge on any atom is 0.254 e. The standard InChI is InChI=1S/C22H23N3O/c1-15-8-9-17(10-16(15)2)22(26)25-13-18-6-4-5-7-20(18)21(14-25)19-11-23-24(3)12-19/h4-12,21H,13-14H2,1-3H3. The SMILES string of the molecule is Cc1ccc(C(=O)N2Cc3ccccc3C(c3cnn(C)c3)C2)cc1C. The molecule has 4 rings (SSSR count). The highest BCUT2D eigenvalue weighted by molar-refractivity contribution is 5.94. The van der Waals surface area contributed by atoms with Gasteiger partial charge in [-0.05, 0) is 53.8 Å². The van der Waals surface area contributed by atoms with Gasteiger partial charge < -0.3 is 4.90 Å². The summed E-state index contributed by atoms with van der Waals surface area (Å²) in [6.07, 6.45) is 3.96. The summed E-state index contributed by atoms with van der Waals surface area (Å²) < 4.78 is 1.82. The average molecular weight is 345 g/mol. The predicted octanol–water partition coefficient (Wildman–Crippen LogP) is 3.82. The number of aromatic nitrogens is 2. The first-order valence-corrected chi connectivity index (χ1v) is 8.96. The fourth-order valence-corrected chi connectivity index (χ4v) is 3.72. The molecule has 0 bridgehead atoms. The van der Waals surface area contributed by atoms with Crippen LogP contribution in [0.25, 0.3) is 0 Å². The van der Waals surface area contributed by atoms with Crippen LogP contribution in [0.4, 0.5) is 0 Å². The smallest absolute Gasteiger partial charge is 0.254 e. The van der Waals surface area contributed by atoms with Crippen molar-refractivity contribution in [2.24, 2.45) is 7.05 Å². The average Bonchev–Trinajstić information content (AvgIpc) is 3.08. The van der Waals surface area contributed by atoms with Crippen molar-refractivity contribution in [3.05, 3.63) is 88.2 Å². The van der Waals surface area contributed by atoms with Crippen molar-refractivity contribution < 1.29 is 4.79 Å². The highest BCUT2D eigenvalue weighted by Gasteiger charge is 2.30. The summed E-state index contributed by atoms with van der Waals surface area (Å²) in [6.45, 7) is 5.45. The lowest BCUT2D eigenvalue weighted by molar-refractivity contribution is 0.0725. The zero-order chi connectivity index (χ0) is 18.3. The van der Waals surface area contributed by atoms with Gasteiger partial charge in [0.2, 0.25) is 0 Å². The van der Waals surface area contributed by atoms with Crippen molar-refractivity contribution in [2.45, 2.75) is 26.3 Å². The van der Waals surface area contributed by atoms with Crippen molar-refractivity contribution in [3.8, 4) is 0 Å². The fourth-order valence-electron chi connectivity index (χ4n) is 3.72. The van der Waals surface area contributed by atoms with Crippen LogP contribution in [0, 0.1) is 13.8 Å². The Morgan fingerprint density at radius 2 is 1.92 bits per heavy atom. The first-order valence-electron chi connectivity index (χ1n) is 8.96. The number of hydrogen-bond acceptors (Lipinski definition) is 2. The molecule has 0 radical (unpaired) electrons. The van der Waals surface area contributed by atoms with Gasteiger partial charge in [-0.3, -0.25) is 9.48 Å². The van der Waals surface area contributed by atoms with E-state index in [4.69, 9.17) is 0 Å². The number of nitrogens with zero attached hydrogens (tertiary/aromatic N) is 3. The van der Waals surface area contributed by atoms with Crippen LogP contribution < -0.4 is 0 Å². The van der Waals surface area contributed by atoms with Crippen molar-refractivity contribution in [2.75, 3.05) is 6.54 Å². The minimum atomic E-state index is 0.0940. The van der Waals surface area contributed by atoms with Crippen LogP contribution in [0.15, 0.2) is 54.9 Å². The summed E-state index contributed by atoms with van der Waals surface area (Å²) in [5, 5.41) is 4.33. The van der Waals surface area contributed by atoms with Crippen LogP contribution in [0.5, 0.6) is 0 Å². The van der Waals surface area contributed by atoms with Gasteiger partial charge in [0.1, 0.15) is 0 Å². The van der Waals surface area contributed by atoms with Gasteiger partial charge in [0, 0.05) is 37.8 Å². The maximum atomic E-state index is 13.2. The second kappa shape index (κ2) is 6.45. The number of fused-ring (bicyclic) bond motifs is 1. The van der Waals surface area contributed by atoms with Crippen molar-refractivity contribution >= 4 is 5.91 Å². The number of hydrogen-bond donors (Lipinski definition) is 0. The van der Waals surface area contributed by atoms with Crippen LogP contribution in [0.2, 0.25) is 0 Å². The molecule has 0 saturated heterocycles. The largest absolute Gasteiger partial charge is 0.333 e. The van der Waals surface area contributed by atoms with Gasteiger partial charge in [-0.1, -0.05) is 30.3 Å². The molecule has 1 aromatic heterocycles. The van der Waals surface area contributed by atoms with E-state index in [9.17, 15) is 4.79 Å². The first kappa shape index (κ1) is 16.6. The molecule has 3 aromatic rings. The number of benzene rings is 2. The van der Waals surface area contributed by atoms with Gasteiger partial charge in [0.15, 0.2) is 0 Å². The molecule has 4 nitrogen and oxygen atoms in total. The first-order chi connectivity index (χ1) is 12.5. The molecular formula is C22H23N3O. The number of carbonyl (C=O) groups excluding carboxylic acids is 1. The van der Waals surface area contributed by atoms with Gasteiger partial charge in [0.25, 0.3) is 5.91 Å². The van der Waals surface area contributed by atoms with E-state index in [0.717, 1.165) is 16.7 Å². The van der Waals surface area contributed by atoms with E-state index in [-0.39, 0.29) is 11.8 Å². The lowest BCUT2D eigenvalue weighted by atomic mass is 9.86. The third-order valence-corrected chi connectivity index (χ3v) is 5.36. The second-order valence-corrected chi connectivity index (χ2v) is 7.18. The molecule has 0 aliphatic carbocycles. The van der Waals surface area contributed by atoms with Crippen molar-refractivity contribution in [3.63, 3.8) is 0 Å². The van der Waals surface area contributed by atoms with Gasteiger partial charge >= 0.3 is 0 Å². The van der Waals surface area contributed by atoms with E-state index in [1.807, 2.05) is 53.3 Å². The summed E-state index contributed by atoms with van der Waals surface area (Å²) in [5.41, 5.74) is 6.78. The summed E-state index contributed by atoms with van der Waals surface area (Å²) in [4.78, 5) is 15.1. The number of carbonyl (C=O) groups is 1. The molecule has 26 heavy (non-hydrogen) atoms. The van der Waals surface area contributed by atoms with Crippen LogP contribution in [0.3, 0.4) is 0 Å². The van der Waals surface area contributed by atoms with Crippen LogP contribution in [-0.2, 0) is 13.6 Å². The lowest BCUT2D eigenvalue weighted by Gasteiger charge is -2.34. The van der Waals surface area contributed by atoms with Gasteiger partial charge in [-0.25, -0.2) is 0 Å². The molecule has 0 saturated carbocycles. The lowest BCUT2D eigenvalue weighted by Crippen LogP contribution is -2.38. The molecule has 1 atom stereocenters. The zero-order valence-corrected chi connectivity index (χ0v) is 15.4. The minimum Gasteiger partial charge on any atom is -0.333 e. The topological polar surface area (TPSA) is 38.1 Å². The predicted molar refractivity (Wildman–Crippen MR) is 102 cm³/mol. The summed E-state index contributed by atoms with van der Waals surface area (Å²) in [7, 11) is 1.93. The van der Waals surface area contributed by atoms with Crippen molar-refractivity contribution in [1.82, 2.24) is 14.7 Å². The highest BCUT2D eigenvalue weighted by atomic mass is 16.2. The minimum absolute atomic E-state index is 0.0940. The van der Waals surface area contributed by atoms with Crippen LogP contribution in [0.1, 0.15) is 44.1 Å². The molecule has 0 fully saturated rings. The van der Waals surface area contributed by atoms with E-state index in [1.165, 1.54) is 16.7 Å². The Morgan fingerprint density at radius 3 is 2.65 bits per heavy atom. The monoisotopic (exact) mass is 345 g/mol. The Hall–Kier alpha value is -2.88. The molecule has 1 amide bonds. The molecular weight excluding hydrogens is 322 g/mol. The Morgan fingerprint density at radius 1 is 1.12 bits per heavy atom. The number of rotatable bonds is 2. The highest BCUT2D eigenvalue weighted by Crippen LogP contribution is 2.34. The van der Waals surface area contributed by atoms with Gasteiger partial charge in [-0.2, -0.15) is 5.10 Å². The summed E-state index contributed by atoms with van der Waals surface area (Å²) >= 11 is 0. The molecule has 2 heterocycles. The van der Waals surface area contributed by atoms with Crippen LogP contribution >= 0.6 is 0 Å². The van der Waals surface area contributed by atoms with E-state index in [0.29, 0.717) is 13.1 Å². The molecule has 1 aliphatic rings. The third kappa shape index (κ3) is 2.92. The maximum absolute atomic E-state index is 13.2. The molecule has 132 valence electrons. The van der Waals surface area contributed by atoms with Crippen LogP contribution in [-0.4, -0.2) is 27.1 Å². The molecule has 4 heteroatoms. The summed E-state index contributed by atoms with van der Waals surface area (Å²) in [5.74, 6) is 0.251. The number of amides is 1. The van der Waals surface area contributed by atoms with E-state index < -0.39 is 0 Å². The van der Waals surface area contributed by atoms with E-state index in [2.05, 4.69) is 37.1 Å². The molecule has 0 spiro atoms.